The van der Waals surface area contributed by atoms with Gasteiger partial charge in [-0.3, -0.25) is 4.68 Å². The Morgan fingerprint density at radius 3 is 2.67 bits per heavy atom. The Balaban J connectivity index is 2.34. The van der Waals surface area contributed by atoms with E-state index < -0.39 is 0 Å². The van der Waals surface area contributed by atoms with Crippen LogP contribution in [0.1, 0.15) is 50.9 Å². The van der Waals surface area contributed by atoms with E-state index in [0.29, 0.717) is 6.04 Å². The van der Waals surface area contributed by atoms with Gasteiger partial charge in [-0.25, -0.2) is 0 Å². The summed E-state index contributed by atoms with van der Waals surface area (Å²) in [6.07, 6.45) is 4.05. The third-order valence-corrected chi connectivity index (χ3v) is 3.65. The lowest BCUT2D eigenvalue weighted by molar-refractivity contribution is 0.147. The number of aromatic nitrogens is 2. The average molecular weight is 253 g/mol. The van der Waals surface area contributed by atoms with Crippen molar-refractivity contribution in [2.45, 2.75) is 46.6 Å². The van der Waals surface area contributed by atoms with Gasteiger partial charge in [0.2, 0.25) is 0 Å². The molecule has 1 unspecified atom stereocenters. The number of rotatable bonds is 7. The highest BCUT2D eigenvalue weighted by Crippen LogP contribution is 2.21. The maximum atomic E-state index is 9.19. The summed E-state index contributed by atoms with van der Waals surface area (Å²) in [6, 6.07) is 0.330. The number of hydrogen-bond donors (Lipinski definition) is 2. The average Bonchev–Trinajstić information content (AvgIpc) is 2.66. The standard InChI is InChI=1S/C14H27N3O/c1-11(13-9-16-17(5)12(13)2)15-8-6-7-14(3,4)10-18/h9,11,15,18H,6-8,10H2,1-5H3. The van der Waals surface area contributed by atoms with E-state index in [0.717, 1.165) is 19.4 Å². The van der Waals surface area contributed by atoms with Crippen LogP contribution in [0.4, 0.5) is 0 Å². The van der Waals surface area contributed by atoms with Crippen LogP contribution in [0.25, 0.3) is 0 Å². The van der Waals surface area contributed by atoms with E-state index in [2.05, 4.69) is 38.1 Å². The predicted molar refractivity (Wildman–Crippen MR) is 74.5 cm³/mol. The molecule has 18 heavy (non-hydrogen) atoms. The molecule has 1 heterocycles. The second-order valence-electron chi connectivity index (χ2n) is 5.91. The van der Waals surface area contributed by atoms with Crippen LogP contribution in [0.2, 0.25) is 0 Å². The Morgan fingerprint density at radius 2 is 2.17 bits per heavy atom. The summed E-state index contributed by atoms with van der Waals surface area (Å²) < 4.78 is 1.91. The van der Waals surface area contributed by atoms with E-state index in [1.165, 1.54) is 11.3 Å². The lowest BCUT2D eigenvalue weighted by Gasteiger charge is -2.22. The van der Waals surface area contributed by atoms with Gasteiger partial charge in [0.15, 0.2) is 0 Å². The van der Waals surface area contributed by atoms with Gasteiger partial charge in [0, 0.05) is 31.0 Å². The number of nitrogens with one attached hydrogen (secondary N) is 1. The number of hydrogen-bond acceptors (Lipinski definition) is 3. The molecule has 1 rings (SSSR count). The van der Waals surface area contributed by atoms with Crippen molar-refractivity contribution in [2.24, 2.45) is 12.5 Å². The molecule has 104 valence electrons. The molecule has 0 amide bonds. The Morgan fingerprint density at radius 1 is 1.50 bits per heavy atom. The summed E-state index contributed by atoms with van der Waals surface area (Å²) in [5.74, 6) is 0. The van der Waals surface area contributed by atoms with E-state index in [-0.39, 0.29) is 12.0 Å². The third kappa shape index (κ3) is 4.10. The van der Waals surface area contributed by atoms with Crippen molar-refractivity contribution in [3.63, 3.8) is 0 Å². The molecule has 1 aromatic heterocycles. The zero-order chi connectivity index (χ0) is 13.8. The number of aliphatic hydroxyl groups is 1. The minimum atomic E-state index is 0.0368. The van der Waals surface area contributed by atoms with Crippen molar-refractivity contribution in [2.75, 3.05) is 13.2 Å². The minimum Gasteiger partial charge on any atom is -0.396 e. The maximum absolute atomic E-state index is 9.19. The first-order valence-corrected chi connectivity index (χ1v) is 6.70. The minimum absolute atomic E-state index is 0.0368. The van der Waals surface area contributed by atoms with Gasteiger partial charge in [-0.05, 0) is 38.6 Å². The molecule has 0 radical (unpaired) electrons. The van der Waals surface area contributed by atoms with Crippen LogP contribution in [0, 0.1) is 12.3 Å². The fourth-order valence-corrected chi connectivity index (χ4v) is 2.02. The van der Waals surface area contributed by atoms with Crippen LogP contribution in [0.15, 0.2) is 6.20 Å². The number of aliphatic hydroxyl groups excluding tert-OH is 1. The molecule has 0 saturated heterocycles. The fourth-order valence-electron chi connectivity index (χ4n) is 2.02. The second kappa shape index (κ2) is 6.34. The molecule has 0 bridgehead atoms. The smallest absolute Gasteiger partial charge is 0.0540 e. The molecule has 4 heteroatoms. The summed E-state index contributed by atoms with van der Waals surface area (Å²) in [7, 11) is 1.97. The highest BCUT2D eigenvalue weighted by atomic mass is 16.3. The highest BCUT2D eigenvalue weighted by molar-refractivity contribution is 5.19. The molecule has 0 aliphatic rings. The number of nitrogens with zero attached hydrogens (tertiary/aromatic N) is 2. The lowest BCUT2D eigenvalue weighted by atomic mass is 9.89. The Kier molecular flexibility index (Phi) is 5.35. The van der Waals surface area contributed by atoms with Gasteiger partial charge in [0.25, 0.3) is 0 Å². The van der Waals surface area contributed by atoms with E-state index in [9.17, 15) is 5.11 Å². The molecule has 4 nitrogen and oxygen atoms in total. The zero-order valence-electron chi connectivity index (χ0n) is 12.3. The topological polar surface area (TPSA) is 50.1 Å². The molecule has 0 saturated carbocycles. The molecular formula is C14H27N3O. The van der Waals surface area contributed by atoms with Crippen molar-refractivity contribution >= 4 is 0 Å². The van der Waals surface area contributed by atoms with E-state index >= 15 is 0 Å². The molecule has 1 atom stereocenters. The lowest BCUT2D eigenvalue weighted by Crippen LogP contribution is -2.23. The molecule has 0 aliphatic carbocycles. The SMILES string of the molecule is Cc1c(C(C)NCCCC(C)(C)CO)cnn1C. The van der Waals surface area contributed by atoms with Crippen molar-refractivity contribution < 1.29 is 5.11 Å². The van der Waals surface area contributed by atoms with Crippen LogP contribution < -0.4 is 5.32 Å². The Labute approximate surface area is 110 Å². The monoisotopic (exact) mass is 253 g/mol. The van der Waals surface area contributed by atoms with Crippen molar-refractivity contribution in [1.29, 1.82) is 0 Å². The largest absolute Gasteiger partial charge is 0.396 e. The molecule has 1 aromatic rings. The first-order chi connectivity index (χ1) is 8.37. The van der Waals surface area contributed by atoms with Gasteiger partial charge in [0.1, 0.15) is 0 Å². The Bertz CT molecular complexity index is 371. The molecule has 0 aliphatic heterocycles. The van der Waals surface area contributed by atoms with Gasteiger partial charge in [-0.2, -0.15) is 5.10 Å². The summed E-state index contributed by atoms with van der Waals surface area (Å²) in [6.45, 7) is 9.68. The normalized spacial score (nSPS) is 13.9. The summed E-state index contributed by atoms with van der Waals surface area (Å²) in [4.78, 5) is 0. The molecular weight excluding hydrogens is 226 g/mol. The quantitative estimate of drug-likeness (QED) is 0.732. The molecule has 0 spiro atoms. The Hall–Kier alpha value is -0.870. The van der Waals surface area contributed by atoms with Gasteiger partial charge < -0.3 is 10.4 Å². The zero-order valence-corrected chi connectivity index (χ0v) is 12.3. The van der Waals surface area contributed by atoms with Crippen molar-refractivity contribution in [3.05, 3.63) is 17.5 Å². The van der Waals surface area contributed by atoms with E-state index in [1.807, 2.05) is 17.9 Å². The maximum Gasteiger partial charge on any atom is 0.0540 e. The first-order valence-electron chi connectivity index (χ1n) is 6.70. The van der Waals surface area contributed by atoms with E-state index in [4.69, 9.17) is 0 Å². The molecule has 0 aromatic carbocycles. The first kappa shape index (κ1) is 15.2. The van der Waals surface area contributed by atoms with Crippen LogP contribution in [-0.4, -0.2) is 28.0 Å². The second-order valence-corrected chi connectivity index (χ2v) is 5.91. The van der Waals surface area contributed by atoms with Gasteiger partial charge in [-0.15, -0.1) is 0 Å². The summed E-state index contributed by atoms with van der Waals surface area (Å²) in [5, 5.41) is 17.0. The summed E-state index contributed by atoms with van der Waals surface area (Å²) in [5.41, 5.74) is 2.51. The predicted octanol–water partition coefficient (Wildman–Crippen LogP) is 2.18. The summed E-state index contributed by atoms with van der Waals surface area (Å²) >= 11 is 0. The van der Waals surface area contributed by atoms with Crippen LogP contribution in [0.3, 0.4) is 0 Å². The van der Waals surface area contributed by atoms with Crippen molar-refractivity contribution in [3.8, 4) is 0 Å². The van der Waals surface area contributed by atoms with Crippen LogP contribution >= 0.6 is 0 Å². The van der Waals surface area contributed by atoms with Gasteiger partial charge in [-0.1, -0.05) is 13.8 Å². The van der Waals surface area contributed by atoms with E-state index in [1.54, 1.807) is 0 Å². The van der Waals surface area contributed by atoms with Gasteiger partial charge in [0.05, 0.1) is 6.20 Å². The van der Waals surface area contributed by atoms with Crippen LogP contribution in [-0.2, 0) is 7.05 Å². The molecule has 0 fully saturated rings. The van der Waals surface area contributed by atoms with Gasteiger partial charge >= 0.3 is 0 Å². The van der Waals surface area contributed by atoms with Crippen molar-refractivity contribution in [1.82, 2.24) is 15.1 Å². The number of aryl methyl sites for hydroxylation is 1. The fraction of sp³-hybridized carbons (Fsp3) is 0.786. The molecule has 2 N–H and O–H groups in total. The third-order valence-electron chi connectivity index (χ3n) is 3.65. The highest BCUT2D eigenvalue weighted by Gasteiger charge is 2.16. The van der Waals surface area contributed by atoms with Crippen LogP contribution in [0.5, 0.6) is 0 Å².